The molecule has 0 saturated carbocycles. The van der Waals surface area contributed by atoms with E-state index in [0.29, 0.717) is 18.4 Å². The van der Waals surface area contributed by atoms with Crippen LogP contribution in [0.5, 0.6) is 0 Å². The van der Waals surface area contributed by atoms with Crippen LogP contribution in [-0.2, 0) is 4.79 Å². The molecule has 2 rings (SSSR count). The van der Waals surface area contributed by atoms with E-state index in [1.807, 2.05) is 6.07 Å². The Kier molecular flexibility index (Phi) is 2.38. The van der Waals surface area contributed by atoms with E-state index in [1.165, 1.54) is 0 Å². The van der Waals surface area contributed by atoms with Crippen LogP contribution in [0.15, 0.2) is 24.3 Å². The summed E-state index contributed by atoms with van der Waals surface area (Å²) >= 11 is 5.48. The number of halogens is 1. The third kappa shape index (κ3) is 1.46. The van der Waals surface area contributed by atoms with Crippen molar-refractivity contribution in [2.24, 2.45) is 0 Å². The van der Waals surface area contributed by atoms with E-state index in [-0.39, 0.29) is 16.9 Å². The van der Waals surface area contributed by atoms with Crippen LogP contribution in [0.1, 0.15) is 34.7 Å². The fraction of sp³-hybridized carbons (Fsp3) is 0.273. The number of Topliss-reactive ketones (excluding diaryl/α,β-unsaturated/α-hetero) is 1. The molecule has 0 amide bonds. The number of carbonyl (C=O) groups is 2. The van der Waals surface area contributed by atoms with Gasteiger partial charge in [0.25, 0.3) is 0 Å². The Balaban J connectivity index is 2.52. The number of ketones is 1. The summed E-state index contributed by atoms with van der Waals surface area (Å²) in [6.07, 6.45) is 0.957. The van der Waals surface area contributed by atoms with Crippen LogP contribution in [0.3, 0.4) is 0 Å². The van der Waals surface area contributed by atoms with Crippen molar-refractivity contribution in [2.45, 2.75) is 18.8 Å². The van der Waals surface area contributed by atoms with Crippen LogP contribution in [0, 0.1) is 0 Å². The molecular formula is C11H9ClO2. The highest BCUT2D eigenvalue weighted by Gasteiger charge is 2.28. The van der Waals surface area contributed by atoms with Crippen molar-refractivity contribution in [3.8, 4) is 0 Å². The normalized spacial score (nSPS) is 20.4. The molecule has 1 aliphatic carbocycles. The van der Waals surface area contributed by atoms with E-state index in [0.717, 1.165) is 5.56 Å². The van der Waals surface area contributed by atoms with E-state index in [4.69, 9.17) is 11.6 Å². The standard InChI is InChI=1S/C11H9ClO2/c12-11(14)9-5-6-10(13)8-4-2-1-3-7(8)9/h1-4,9H,5-6H2. The zero-order valence-electron chi connectivity index (χ0n) is 7.50. The third-order valence-electron chi connectivity index (χ3n) is 2.57. The summed E-state index contributed by atoms with van der Waals surface area (Å²) in [4.78, 5) is 22.6. The molecule has 1 aliphatic rings. The monoisotopic (exact) mass is 208 g/mol. The van der Waals surface area contributed by atoms with Crippen molar-refractivity contribution in [2.75, 3.05) is 0 Å². The molecule has 1 atom stereocenters. The van der Waals surface area contributed by atoms with Crippen molar-refractivity contribution < 1.29 is 9.59 Å². The van der Waals surface area contributed by atoms with Gasteiger partial charge < -0.3 is 0 Å². The first kappa shape index (κ1) is 9.41. The van der Waals surface area contributed by atoms with Crippen molar-refractivity contribution in [3.05, 3.63) is 35.4 Å². The van der Waals surface area contributed by atoms with E-state index >= 15 is 0 Å². The van der Waals surface area contributed by atoms with Crippen LogP contribution >= 0.6 is 11.6 Å². The van der Waals surface area contributed by atoms with Crippen molar-refractivity contribution in [3.63, 3.8) is 0 Å². The summed E-state index contributed by atoms with van der Waals surface area (Å²) in [5.74, 6) is -0.194. The second-order valence-electron chi connectivity index (χ2n) is 3.41. The molecule has 1 aromatic rings. The van der Waals surface area contributed by atoms with Gasteiger partial charge in [-0.1, -0.05) is 24.3 Å². The number of hydrogen-bond donors (Lipinski definition) is 0. The summed E-state index contributed by atoms with van der Waals surface area (Å²) in [5.41, 5.74) is 1.43. The lowest BCUT2D eigenvalue weighted by Gasteiger charge is -2.21. The molecule has 2 nitrogen and oxygen atoms in total. The molecule has 72 valence electrons. The molecule has 0 bridgehead atoms. The summed E-state index contributed by atoms with van der Waals surface area (Å²) in [5, 5.41) is -0.370. The number of hydrogen-bond acceptors (Lipinski definition) is 2. The Morgan fingerprint density at radius 3 is 2.79 bits per heavy atom. The Morgan fingerprint density at radius 1 is 1.36 bits per heavy atom. The van der Waals surface area contributed by atoms with Gasteiger partial charge >= 0.3 is 0 Å². The van der Waals surface area contributed by atoms with Crippen molar-refractivity contribution in [1.82, 2.24) is 0 Å². The second kappa shape index (κ2) is 3.54. The molecule has 1 unspecified atom stereocenters. The first-order chi connectivity index (χ1) is 6.70. The van der Waals surface area contributed by atoms with Crippen LogP contribution in [0.25, 0.3) is 0 Å². The first-order valence-electron chi connectivity index (χ1n) is 4.51. The Bertz CT molecular complexity index is 398. The maximum Gasteiger partial charge on any atom is 0.229 e. The molecule has 0 radical (unpaired) electrons. The summed E-state index contributed by atoms with van der Waals surface area (Å²) in [7, 11) is 0. The van der Waals surface area contributed by atoms with Crippen LogP contribution < -0.4 is 0 Å². The predicted molar refractivity (Wildman–Crippen MR) is 53.6 cm³/mol. The quantitative estimate of drug-likeness (QED) is 0.665. The molecule has 3 heteroatoms. The van der Waals surface area contributed by atoms with Gasteiger partial charge in [-0.15, -0.1) is 0 Å². The molecule has 0 N–H and O–H groups in total. The highest BCUT2D eigenvalue weighted by Crippen LogP contribution is 2.32. The van der Waals surface area contributed by atoms with Crippen LogP contribution in [0.2, 0.25) is 0 Å². The number of carbonyl (C=O) groups excluding carboxylic acids is 2. The van der Waals surface area contributed by atoms with Gasteiger partial charge in [-0.3, -0.25) is 9.59 Å². The van der Waals surface area contributed by atoms with E-state index in [2.05, 4.69) is 0 Å². The van der Waals surface area contributed by atoms with Crippen LogP contribution in [-0.4, -0.2) is 11.0 Å². The molecule has 0 aromatic heterocycles. The van der Waals surface area contributed by atoms with E-state index < -0.39 is 0 Å². The highest BCUT2D eigenvalue weighted by atomic mass is 35.5. The second-order valence-corrected chi connectivity index (χ2v) is 3.78. The molecular weight excluding hydrogens is 200 g/mol. The van der Waals surface area contributed by atoms with Gasteiger partial charge in [0.1, 0.15) is 0 Å². The number of benzene rings is 1. The van der Waals surface area contributed by atoms with Crippen LogP contribution in [0.4, 0.5) is 0 Å². The first-order valence-corrected chi connectivity index (χ1v) is 4.89. The smallest absolute Gasteiger partial charge is 0.229 e. The van der Waals surface area contributed by atoms with E-state index in [9.17, 15) is 9.59 Å². The maximum atomic E-state index is 11.5. The molecule has 0 aliphatic heterocycles. The fourth-order valence-electron chi connectivity index (χ4n) is 1.86. The minimum absolute atomic E-state index is 0.106. The molecule has 0 heterocycles. The maximum absolute atomic E-state index is 11.5. The van der Waals surface area contributed by atoms with Crippen molar-refractivity contribution >= 4 is 22.6 Å². The zero-order valence-corrected chi connectivity index (χ0v) is 8.25. The molecule has 0 saturated heterocycles. The Labute approximate surface area is 86.9 Å². The Hall–Kier alpha value is -1.15. The predicted octanol–water partition coefficient (Wildman–Crippen LogP) is 2.51. The summed E-state index contributed by atoms with van der Waals surface area (Å²) < 4.78 is 0. The summed E-state index contributed by atoms with van der Waals surface area (Å²) in [6.45, 7) is 0. The summed E-state index contributed by atoms with van der Waals surface area (Å²) in [6, 6.07) is 7.18. The number of fused-ring (bicyclic) bond motifs is 1. The fourth-order valence-corrected chi connectivity index (χ4v) is 2.08. The molecule has 1 aromatic carbocycles. The Morgan fingerprint density at radius 2 is 2.07 bits per heavy atom. The minimum atomic E-state index is -0.370. The number of rotatable bonds is 1. The van der Waals surface area contributed by atoms with Gasteiger partial charge in [-0.05, 0) is 23.6 Å². The third-order valence-corrected chi connectivity index (χ3v) is 2.83. The lowest BCUT2D eigenvalue weighted by molar-refractivity contribution is -0.113. The van der Waals surface area contributed by atoms with Gasteiger partial charge in [0.2, 0.25) is 5.24 Å². The average Bonchev–Trinajstić information content (AvgIpc) is 2.18. The van der Waals surface area contributed by atoms with E-state index in [1.54, 1.807) is 18.2 Å². The highest BCUT2D eigenvalue weighted by molar-refractivity contribution is 6.64. The lowest BCUT2D eigenvalue weighted by atomic mass is 9.83. The molecule has 0 fully saturated rings. The largest absolute Gasteiger partial charge is 0.294 e. The van der Waals surface area contributed by atoms with Crippen molar-refractivity contribution in [1.29, 1.82) is 0 Å². The van der Waals surface area contributed by atoms with Gasteiger partial charge in [0.15, 0.2) is 5.78 Å². The minimum Gasteiger partial charge on any atom is -0.294 e. The average molecular weight is 209 g/mol. The molecule has 14 heavy (non-hydrogen) atoms. The van der Waals surface area contributed by atoms with Gasteiger partial charge in [0.05, 0.1) is 5.92 Å². The van der Waals surface area contributed by atoms with Gasteiger partial charge in [-0.25, -0.2) is 0 Å². The SMILES string of the molecule is O=C1CCC(C(=O)Cl)c2ccccc21. The zero-order chi connectivity index (χ0) is 10.1. The topological polar surface area (TPSA) is 34.1 Å². The van der Waals surface area contributed by atoms with Gasteiger partial charge in [0, 0.05) is 12.0 Å². The van der Waals surface area contributed by atoms with Gasteiger partial charge in [-0.2, -0.15) is 0 Å². The lowest BCUT2D eigenvalue weighted by Crippen LogP contribution is -2.19. The molecule has 0 spiro atoms.